The molecule has 0 aromatic rings. The van der Waals surface area contributed by atoms with Gasteiger partial charge in [-0.2, -0.15) is 0 Å². The molecule has 0 heterocycles. The van der Waals surface area contributed by atoms with Crippen LogP contribution in [-0.4, -0.2) is 37.2 Å². The molecule has 0 rings (SSSR count). The van der Waals surface area contributed by atoms with Crippen LogP contribution in [0.25, 0.3) is 0 Å². The Labute approximate surface area is 332 Å². The molecule has 0 saturated carbocycles. The van der Waals surface area contributed by atoms with Crippen molar-refractivity contribution in [3.63, 3.8) is 0 Å². The van der Waals surface area contributed by atoms with Gasteiger partial charge in [0.05, 0.1) is 0 Å². The Morgan fingerprint density at radius 1 is 0.389 bits per heavy atom. The number of carbonyl (C=O) groups excluding carboxylic acids is 3. The van der Waals surface area contributed by atoms with Crippen molar-refractivity contribution >= 4 is 17.9 Å². The molecular weight excluding hydrogens is 673 g/mol. The summed E-state index contributed by atoms with van der Waals surface area (Å²) >= 11 is 0. The van der Waals surface area contributed by atoms with Crippen LogP contribution in [0.5, 0.6) is 0 Å². The van der Waals surface area contributed by atoms with E-state index in [9.17, 15) is 14.4 Å². The average molecular weight is 753 g/mol. The number of rotatable bonds is 38. The van der Waals surface area contributed by atoms with Crippen LogP contribution in [0.3, 0.4) is 0 Å². The molecule has 6 heteroatoms. The topological polar surface area (TPSA) is 78.9 Å². The van der Waals surface area contributed by atoms with Gasteiger partial charge in [-0.1, -0.05) is 151 Å². The second-order valence-corrected chi connectivity index (χ2v) is 14.2. The van der Waals surface area contributed by atoms with E-state index in [4.69, 9.17) is 14.2 Å². The highest BCUT2D eigenvalue weighted by Crippen LogP contribution is 2.12. The van der Waals surface area contributed by atoms with Crippen molar-refractivity contribution in [3.05, 3.63) is 72.9 Å². The molecule has 6 nitrogen and oxygen atoms in total. The zero-order chi connectivity index (χ0) is 39.4. The molecule has 0 spiro atoms. The van der Waals surface area contributed by atoms with E-state index < -0.39 is 6.10 Å². The van der Waals surface area contributed by atoms with E-state index in [1.54, 1.807) is 0 Å². The maximum atomic E-state index is 12.7. The molecule has 1 unspecified atom stereocenters. The van der Waals surface area contributed by atoms with E-state index in [0.717, 1.165) is 135 Å². The number of esters is 3. The molecule has 0 aromatic carbocycles. The van der Waals surface area contributed by atoms with Crippen LogP contribution in [0.2, 0.25) is 0 Å². The smallest absolute Gasteiger partial charge is 0.306 e. The van der Waals surface area contributed by atoms with Gasteiger partial charge in [-0.15, -0.1) is 0 Å². The van der Waals surface area contributed by atoms with Gasteiger partial charge in [-0.05, 0) is 96.3 Å². The number of unbranched alkanes of at least 4 members (excludes halogenated alkanes) is 15. The maximum Gasteiger partial charge on any atom is 0.306 e. The molecule has 54 heavy (non-hydrogen) atoms. The first kappa shape index (κ1) is 50.9. The summed E-state index contributed by atoms with van der Waals surface area (Å²) < 4.78 is 16.6. The Morgan fingerprint density at radius 3 is 1.19 bits per heavy atom. The van der Waals surface area contributed by atoms with E-state index in [0.29, 0.717) is 19.3 Å². The fourth-order valence-corrected chi connectivity index (χ4v) is 5.61. The lowest BCUT2D eigenvalue weighted by Crippen LogP contribution is -2.30. The zero-order valence-corrected chi connectivity index (χ0v) is 35.0. The first-order chi connectivity index (χ1) is 26.5. The highest BCUT2D eigenvalue weighted by atomic mass is 16.6. The number of allylic oxidation sites excluding steroid dienone is 12. The Kier molecular flexibility index (Phi) is 40.1. The fourth-order valence-electron chi connectivity index (χ4n) is 5.61. The Hall–Kier alpha value is -3.15. The minimum Gasteiger partial charge on any atom is -0.462 e. The number of ether oxygens (including phenoxy) is 3. The molecule has 0 aromatic heterocycles. The van der Waals surface area contributed by atoms with E-state index >= 15 is 0 Å². The molecule has 0 aliphatic carbocycles. The summed E-state index contributed by atoms with van der Waals surface area (Å²) in [6, 6.07) is 0. The highest BCUT2D eigenvalue weighted by Gasteiger charge is 2.19. The Bertz CT molecular complexity index is 1050. The normalized spacial score (nSPS) is 12.7. The van der Waals surface area contributed by atoms with Gasteiger partial charge in [0.15, 0.2) is 6.10 Å². The van der Waals surface area contributed by atoms with E-state index in [-0.39, 0.29) is 31.1 Å². The Morgan fingerprint density at radius 2 is 0.722 bits per heavy atom. The third kappa shape index (κ3) is 40.0. The van der Waals surface area contributed by atoms with Crippen LogP contribution in [0.1, 0.15) is 194 Å². The molecule has 0 bridgehead atoms. The van der Waals surface area contributed by atoms with Crippen LogP contribution in [-0.2, 0) is 28.6 Å². The first-order valence-corrected chi connectivity index (χ1v) is 21.9. The molecule has 0 saturated heterocycles. The monoisotopic (exact) mass is 753 g/mol. The van der Waals surface area contributed by atoms with Gasteiger partial charge in [0.1, 0.15) is 13.2 Å². The standard InChI is InChI=1S/C48H80O6/c1-4-7-10-13-16-19-22-24-26-29-32-35-38-41-47(50)53-44-45(43-52-46(49)40-37-34-31-28-21-18-15-12-9-6-3)54-48(51)42-39-36-33-30-27-25-23-20-17-14-11-8-5-2/h7,10-12,14-16,19-20,23-24,26,45H,4-6,8-9,13,17-18,21-22,25,27-44H2,1-3H3/b10-7-,14-11-,15-12-,19-16-,23-20-,26-24-. The predicted octanol–water partition coefficient (Wildman–Crippen LogP) is 13.9. The molecule has 0 radical (unpaired) electrons. The lowest BCUT2D eigenvalue weighted by molar-refractivity contribution is -0.167. The van der Waals surface area contributed by atoms with Gasteiger partial charge in [-0.3, -0.25) is 14.4 Å². The fraction of sp³-hybridized carbons (Fsp3) is 0.688. The van der Waals surface area contributed by atoms with Crippen molar-refractivity contribution in [1.82, 2.24) is 0 Å². The van der Waals surface area contributed by atoms with Gasteiger partial charge >= 0.3 is 17.9 Å². The van der Waals surface area contributed by atoms with Gasteiger partial charge < -0.3 is 14.2 Å². The molecule has 1 atom stereocenters. The molecule has 308 valence electrons. The van der Waals surface area contributed by atoms with Crippen LogP contribution in [0.15, 0.2) is 72.9 Å². The van der Waals surface area contributed by atoms with Gasteiger partial charge in [0, 0.05) is 19.3 Å². The minimum atomic E-state index is -0.795. The van der Waals surface area contributed by atoms with Gasteiger partial charge in [-0.25, -0.2) is 0 Å². The van der Waals surface area contributed by atoms with E-state index in [1.165, 1.54) is 19.3 Å². The average Bonchev–Trinajstić information content (AvgIpc) is 3.17. The lowest BCUT2D eigenvalue weighted by atomic mass is 10.1. The number of hydrogen-bond acceptors (Lipinski definition) is 6. The summed E-state index contributed by atoms with van der Waals surface area (Å²) in [5, 5.41) is 0. The molecule has 0 fully saturated rings. The molecule has 0 aliphatic rings. The summed E-state index contributed by atoms with van der Waals surface area (Å²) in [7, 11) is 0. The van der Waals surface area contributed by atoms with Gasteiger partial charge in [0.2, 0.25) is 0 Å². The van der Waals surface area contributed by atoms with E-state index in [1.807, 2.05) is 0 Å². The summed E-state index contributed by atoms with van der Waals surface area (Å²) in [4.78, 5) is 37.6. The molecule has 0 N–H and O–H groups in total. The van der Waals surface area contributed by atoms with Crippen LogP contribution >= 0.6 is 0 Å². The molecular formula is C48H80O6. The van der Waals surface area contributed by atoms with E-state index in [2.05, 4.69) is 93.7 Å². The zero-order valence-electron chi connectivity index (χ0n) is 35.0. The molecule has 0 amide bonds. The summed E-state index contributed by atoms with van der Waals surface area (Å²) in [6.45, 7) is 6.32. The SMILES string of the molecule is CC/C=C\C/C=C\C/C=C\CCCCCC(=O)OCC(COC(=O)CCCCCCC/C=C\CCC)OC(=O)CCCCCCC/C=C\C/C=C\CCC. The van der Waals surface area contributed by atoms with Crippen molar-refractivity contribution in [1.29, 1.82) is 0 Å². The number of carbonyl (C=O) groups is 3. The second-order valence-electron chi connectivity index (χ2n) is 14.2. The summed E-state index contributed by atoms with van der Waals surface area (Å²) in [5.74, 6) is -0.960. The Balaban J connectivity index is 4.47. The van der Waals surface area contributed by atoms with Crippen LogP contribution in [0, 0.1) is 0 Å². The third-order valence-electron chi connectivity index (χ3n) is 8.88. The first-order valence-electron chi connectivity index (χ1n) is 21.9. The quantitative estimate of drug-likeness (QED) is 0.0270. The third-order valence-corrected chi connectivity index (χ3v) is 8.88. The van der Waals surface area contributed by atoms with Crippen molar-refractivity contribution < 1.29 is 28.6 Å². The van der Waals surface area contributed by atoms with Crippen molar-refractivity contribution in [2.24, 2.45) is 0 Å². The van der Waals surface area contributed by atoms with Crippen molar-refractivity contribution in [2.45, 2.75) is 200 Å². The van der Waals surface area contributed by atoms with Crippen LogP contribution < -0.4 is 0 Å². The summed E-state index contributed by atoms with van der Waals surface area (Å²) in [6.07, 6.45) is 51.7. The maximum absolute atomic E-state index is 12.7. The van der Waals surface area contributed by atoms with Crippen molar-refractivity contribution in [2.75, 3.05) is 13.2 Å². The summed E-state index contributed by atoms with van der Waals surface area (Å²) in [5.41, 5.74) is 0. The predicted molar refractivity (Wildman–Crippen MR) is 228 cm³/mol. The van der Waals surface area contributed by atoms with Gasteiger partial charge in [0.25, 0.3) is 0 Å². The van der Waals surface area contributed by atoms with Crippen LogP contribution in [0.4, 0.5) is 0 Å². The lowest BCUT2D eigenvalue weighted by Gasteiger charge is -2.18. The van der Waals surface area contributed by atoms with Crippen molar-refractivity contribution in [3.8, 4) is 0 Å². The highest BCUT2D eigenvalue weighted by molar-refractivity contribution is 5.71. The molecule has 0 aliphatic heterocycles. The second kappa shape index (κ2) is 42.6. The largest absolute Gasteiger partial charge is 0.462 e. The minimum absolute atomic E-state index is 0.0964. The number of hydrogen-bond donors (Lipinski definition) is 0.